The summed E-state index contributed by atoms with van der Waals surface area (Å²) in [6, 6.07) is 23.1. The van der Waals surface area contributed by atoms with Crippen molar-refractivity contribution in [1.82, 2.24) is 20.1 Å². The van der Waals surface area contributed by atoms with Crippen LogP contribution in [0.2, 0.25) is 0 Å². The van der Waals surface area contributed by atoms with E-state index in [1.165, 1.54) is 23.8 Å². The minimum absolute atomic E-state index is 0.0408. The van der Waals surface area contributed by atoms with E-state index in [-0.39, 0.29) is 37.0 Å². The average molecular weight is 665 g/mol. The lowest BCUT2D eigenvalue weighted by molar-refractivity contribution is -0.131. The third-order valence-electron chi connectivity index (χ3n) is 8.89. The zero-order valence-electron chi connectivity index (χ0n) is 28.2. The minimum atomic E-state index is -0.902. The summed E-state index contributed by atoms with van der Waals surface area (Å²) in [5.41, 5.74) is 15.7. The van der Waals surface area contributed by atoms with Crippen LogP contribution in [-0.4, -0.2) is 64.9 Å². The second-order valence-electron chi connectivity index (χ2n) is 12.6. The zero-order valence-corrected chi connectivity index (χ0v) is 28.2. The molecule has 2 atom stereocenters. The van der Waals surface area contributed by atoms with Gasteiger partial charge in [0.15, 0.2) is 5.96 Å². The van der Waals surface area contributed by atoms with Crippen molar-refractivity contribution in [2.24, 2.45) is 16.5 Å². The molecule has 258 valence electrons. The standard InChI is InChI=1S/C38H48N8O3/c1-2-46-26-29(25-45-20-9-10-21-45)31-18-17-30(24-34(31)46)42-37(49)33(22-27-12-5-3-6-13-27)44-36(48)32(16-11-19-41-38(39)40)43-35(47)23-28-14-7-4-8-15-28/h3-8,12-15,17-18,24,26,32-33H,2,9-11,16,19-23,25H2,1H3,(H,42,49)(H,43,47)(H,44,48)(H4,39,40,41)/t32-,33-/m0/s1. The summed E-state index contributed by atoms with van der Waals surface area (Å²) in [5.74, 6) is -1.14. The maximum absolute atomic E-state index is 13.9. The van der Waals surface area contributed by atoms with Crippen LogP contribution in [0.3, 0.4) is 0 Å². The highest BCUT2D eigenvalue weighted by Gasteiger charge is 2.27. The number of nitrogens with one attached hydrogen (secondary N) is 3. The van der Waals surface area contributed by atoms with E-state index in [4.69, 9.17) is 11.5 Å². The second-order valence-corrected chi connectivity index (χ2v) is 12.6. The second kappa shape index (κ2) is 17.3. The molecule has 0 unspecified atom stereocenters. The topological polar surface area (TPSA) is 160 Å². The first kappa shape index (κ1) is 35.2. The Kier molecular flexibility index (Phi) is 12.4. The lowest BCUT2D eigenvalue weighted by Gasteiger charge is -2.23. The number of guanidine groups is 1. The Morgan fingerprint density at radius 2 is 1.55 bits per heavy atom. The lowest BCUT2D eigenvalue weighted by Crippen LogP contribution is -2.53. The summed E-state index contributed by atoms with van der Waals surface area (Å²) in [6.45, 7) is 6.37. The van der Waals surface area contributed by atoms with E-state index in [2.05, 4.69) is 49.6 Å². The van der Waals surface area contributed by atoms with Crippen molar-refractivity contribution in [3.63, 3.8) is 0 Å². The van der Waals surface area contributed by atoms with E-state index < -0.39 is 18.0 Å². The molecule has 1 aliphatic heterocycles. The number of nitrogens with zero attached hydrogens (tertiary/aromatic N) is 3. The summed E-state index contributed by atoms with van der Waals surface area (Å²) < 4.78 is 2.21. The molecule has 1 aromatic heterocycles. The third kappa shape index (κ3) is 10.2. The summed E-state index contributed by atoms with van der Waals surface area (Å²) >= 11 is 0. The Balaban J connectivity index is 1.33. The molecule has 11 nitrogen and oxygen atoms in total. The Morgan fingerprint density at radius 1 is 0.857 bits per heavy atom. The molecule has 11 heteroatoms. The third-order valence-corrected chi connectivity index (χ3v) is 8.89. The molecule has 5 rings (SSSR count). The molecule has 0 saturated carbocycles. The SMILES string of the molecule is CCn1cc(CN2CCCC2)c2ccc(NC(=O)[C@H](Cc3ccccc3)NC(=O)[C@H](CCCN=C(N)N)NC(=O)Cc3ccccc3)cc21. The number of carbonyl (C=O) groups is 3. The van der Waals surface area contributed by atoms with Gasteiger partial charge in [-0.25, -0.2) is 0 Å². The number of rotatable bonds is 16. The molecule has 1 fully saturated rings. The number of fused-ring (bicyclic) bond motifs is 1. The fourth-order valence-electron chi connectivity index (χ4n) is 6.37. The van der Waals surface area contributed by atoms with Gasteiger partial charge in [-0.3, -0.25) is 24.3 Å². The number of aliphatic imine (C=N–C) groups is 1. The predicted octanol–water partition coefficient (Wildman–Crippen LogP) is 3.70. The van der Waals surface area contributed by atoms with E-state index in [9.17, 15) is 14.4 Å². The van der Waals surface area contributed by atoms with Gasteiger partial charge >= 0.3 is 0 Å². The predicted molar refractivity (Wildman–Crippen MR) is 195 cm³/mol. The molecule has 3 aromatic carbocycles. The number of aryl methyl sites for hydroxylation is 1. The number of hydrogen-bond acceptors (Lipinski definition) is 5. The number of aromatic nitrogens is 1. The van der Waals surface area contributed by atoms with E-state index in [0.29, 0.717) is 18.7 Å². The van der Waals surface area contributed by atoms with Crippen LogP contribution < -0.4 is 27.4 Å². The summed E-state index contributed by atoms with van der Waals surface area (Å²) in [7, 11) is 0. The summed E-state index contributed by atoms with van der Waals surface area (Å²) in [5, 5.41) is 10.1. The average Bonchev–Trinajstić information content (AvgIpc) is 3.74. The molecule has 2 heterocycles. The van der Waals surface area contributed by atoms with Gasteiger partial charge in [-0.2, -0.15) is 0 Å². The van der Waals surface area contributed by atoms with Gasteiger partial charge in [0.1, 0.15) is 12.1 Å². The van der Waals surface area contributed by atoms with Crippen molar-refractivity contribution < 1.29 is 14.4 Å². The van der Waals surface area contributed by atoms with Crippen molar-refractivity contribution in [3.05, 3.63) is 102 Å². The molecule has 0 radical (unpaired) electrons. The smallest absolute Gasteiger partial charge is 0.247 e. The molecule has 4 aromatic rings. The highest BCUT2D eigenvalue weighted by Crippen LogP contribution is 2.27. The Bertz CT molecular complexity index is 1730. The molecular formula is C38H48N8O3. The summed E-state index contributed by atoms with van der Waals surface area (Å²) in [6.07, 6.45) is 5.82. The number of benzene rings is 3. The Labute approximate surface area is 288 Å². The van der Waals surface area contributed by atoms with Gasteiger partial charge in [-0.05, 0) is 74.5 Å². The molecule has 1 saturated heterocycles. The van der Waals surface area contributed by atoms with Crippen LogP contribution in [-0.2, 0) is 40.3 Å². The Morgan fingerprint density at radius 3 is 2.22 bits per heavy atom. The number of nitrogens with two attached hydrogens (primary N) is 2. The normalized spacial score (nSPS) is 14.2. The fraction of sp³-hybridized carbons (Fsp3) is 0.368. The molecule has 0 bridgehead atoms. The monoisotopic (exact) mass is 664 g/mol. The first-order valence-electron chi connectivity index (χ1n) is 17.2. The maximum Gasteiger partial charge on any atom is 0.247 e. The molecular weight excluding hydrogens is 616 g/mol. The quantitative estimate of drug-likeness (QED) is 0.0698. The molecule has 0 spiro atoms. The maximum atomic E-state index is 13.9. The van der Waals surface area contributed by atoms with Crippen molar-refractivity contribution >= 4 is 40.3 Å². The van der Waals surface area contributed by atoms with E-state index in [1.54, 1.807) is 0 Å². The van der Waals surface area contributed by atoms with Crippen molar-refractivity contribution in [1.29, 1.82) is 0 Å². The number of amides is 3. The van der Waals surface area contributed by atoms with Crippen LogP contribution in [0.25, 0.3) is 10.9 Å². The first-order valence-corrected chi connectivity index (χ1v) is 17.2. The lowest BCUT2D eigenvalue weighted by atomic mass is 10.0. The van der Waals surface area contributed by atoms with Crippen LogP contribution in [0.4, 0.5) is 5.69 Å². The molecule has 1 aliphatic rings. The van der Waals surface area contributed by atoms with Gasteiger partial charge in [0.05, 0.1) is 11.9 Å². The molecule has 49 heavy (non-hydrogen) atoms. The van der Waals surface area contributed by atoms with Crippen LogP contribution in [0.15, 0.2) is 90.1 Å². The minimum Gasteiger partial charge on any atom is -0.370 e. The van der Waals surface area contributed by atoms with Gasteiger partial charge < -0.3 is 32.0 Å². The van der Waals surface area contributed by atoms with Gasteiger partial charge in [0, 0.05) is 43.3 Å². The van der Waals surface area contributed by atoms with Gasteiger partial charge in [0.25, 0.3) is 0 Å². The van der Waals surface area contributed by atoms with Gasteiger partial charge in [-0.1, -0.05) is 66.7 Å². The first-order chi connectivity index (χ1) is 23.8. The number of likely N-dealkylation sites (tertiary alicyclic amines) is 1. The van der Waals surface area contributed by atoms with Gasteiger partial charge in [-0.15, -0.1) is 0 Å². The number of anilines is 1. The largest absolute Gasteiger partial charge is 0.370 e. The van der Waals surface area contributed by atoms with E-state index in [1.807, 2.05) is 72.8 Å². The number of hydrogen-bond donors (Lipinski definition) is 5. The molecule has 7 N–H and O–H groups in total. The Hall–Kier alpha value is -5.16. The van der Waals surface area contributed by atoms with E-state index in [0.717, 1.165) is 42.8 Å². The fourth-order valence-corrected chi connectivity index (χ4v) is 6.37. The van der Waals surface area contributed by atoms with E-state index >= 15 is 0 Å². The van der Waals surface area contributed by atoms with Crippen molar-refractivity contribution in [3.8, 4) is 0 Å². The number of carbonyl (C=O) groups excluding carboxylic acids is 3. The van der Waals surface area contributed by atoms with Crippen LogP contribution in [0, 0.1) is 0 Å². The highest BCUT2D eigenvalue weighted by molar-refractivity contribution is 6.00. The van der Waals surface area contributed by atoms with Crippen LogP contribution in [0.5, 0.6) is 0 Å². The van der Waals surface area contributed by atoms with Crippen LogP contribution in [0.1, 0.15) is 49.3 Å². The van der Waals surface area contributed by atoms with Crippen molar-refractivity contribution in [2.45, 2.75) is 70.6 Å². The van der Waals surface area contributed by atoms with Gasteiger partial charge in [0.2, 0.25) is 17.7 Å². The van der Waals surface area contributed by atoms with Crippen LogP contribution >= 0.6 is 0 Å². The zero-order chi connectivity index (χ0) is 34.6. The summed E-state index contributed by atoms with van der Waals surface area (Å²) in [4.78, 5) is 47.3. The highest BCUT2D eigenvalue weighted by atomic mass is 16.2. The molecule has 0 aliphatic carbocycles. The molecule has 3 amide bonds. The van der Waals surface area contributed by atoms with Crippen molar-refractivity contribution in [2.75, 3.05) is 25.0 Å².